The molecule has 0 bridgehead atoms. The maximum Gasteiger partial charge on any atom is 0.416 e. The van der Waals surface area contributed by atoms with Gasteiger partial charge in [-0.15, -0.1) is 0 Å². The molecule has 3 heteroatoms. The number of H-pyrrole nitrogens is 1. The summed E-state index contributed by atoms with van der Waals surface area (Å²) >= 11 is 0. The molecule has 0 aliphatic rings. The van der Waals surface area contributed by atoms with Gasteiger partial charge in [-0.2, -0.15) is 0 Å². The molecule has 68 valence electrons. The van der Waals surface area contributed by atoms with Gasteiger partial charge in [-0.3, -0.25) is 4.98 Å². The van der Waals surface area contributed by atoms with Gasteiger partial charge in [0.05, 0.1) is 5.69 Å². The molecular formula is C9H15NO2. The topological polar surface area (TPSA) is 46.0 Å². The van der Waals surface area contributed by atoms with Crippen LogP contribution in [0.3, 0.4) is 0 Å². The van der Waals surface area contributed by atoms with Crippen LogP contribution in [0, 0.1) is 0 Å². The molecule has 0 spiro atoms. The maximum absolute atomic E-state index is 10.6. The van der Waals surface area contributed by atoms with Crippen LogP contribution in [-0.4, -0.2) is 4.98 Å². The van der Waals surface area contributed by atoms with E-state index in [1.165, 1.54) is 25.5 Å². The van der Waals surface area contributed by atoms with Crippen LogP contribution in [0.5, 0.6) is 0 Å². The van der Waals surface area contributed by atoms with Crippen molar-refractivity contribution in [3.63, 3.8) is 0 Å². The molecule has 0 saturated heterocycles. The Bertz CT molecular complexity index is 261. The first-order valence-electron chi connectivity index (χ1n) is 4.49. The lowest BCUT2D eigenvalue weighted by Crippen LogP contribution is -1.97. The molecule has 0 radical (unpaired) electrons. The largest absolute Gasteiger partial charge is 0.416 e. The Morgan fingerprint density at radius 1 is 1.42 bits per heavy atom. The molecule has 0 saturated carbocycles. The Kier molecular flexibility index (Phi) is 3.64. The minimum Gasteiger partial charge on any atom is -0.416 e. The maximum atomic E-state index is 10.6. The van der Waals surface area contributed by atoms with Gasteiger partial charge < -0.3 is 4.42 Å². The summed E-state index contributed by atoms with van der Waals surface area (Å²) < 4.78 is 4.61. The quantitative estimate of drug-likeness (QED) is 0.686. The van der Waals surface area contributed by atoms with Crippen LogP contribution in [0.1, 0.15) is 38.3 Å². The predicted molar refractivity (Wildman–Crippen MR) is 47.2 cm³/mol. The van der Waals surface area contributed by atoms with Gasteiger partial charge in [0.1, 0.15) is 6.26 Å². The molecule has 1 aromatic rings. The van der Waals surface area contributed by atoms with E-state index >= 15 is 0 Å². The molecule has 0 atom stereocenters. The van der Waals surface area contributed by atoms with Crippen molar-refractivity contribution in [3.05, 3.63) is 22.5 Å². The normalized spacial score (nSPS) is 10.4. The van der Waals surface area contributed by atoms with E-state index in [1.807, 2.05) is 0 Å². The number of nitrogens with one attached hydrogen (secondary N) is 1. The molecule has 1 aromatic heterocycles. The van der Waals surface area contributed by atoms with Crippen LogP contribution < -0.4 is 5.76 Å². The van der Waals surface area contributed by atoms with Crippen LogP contribution >= 0.6 is 0 Å². The van der Waals surface area contributed by atoms with Crippen molar-refractivity contribution in [1.29, 1.82) is 0 Å². The van der Waals surface area contributed by atoms with Gasteiger partial charge >= 0.3 is 5.76 Å². The Morgan fingerprint density at radius 2 is 2.25 bits per heavy atom. The Hall–Kier alpha value is -0.990. The number of hydrogen-bond acceptors (Lipinski definition) is 2. The minimum absolute atomic E-state index is 0.347. The predicted octanol–water partition coefficient (Wildman–Crippen LogP) is 2.09. The molecule has 1 heterocycles. The highest BCUT2D eigenvalue weighted by Crippen LogP contribution is 2.03. The summed E-state index contributed by atoms with van der Waals surface area (Å²) in [6.45, 7) is 2.18. The number of aryl methyl sites for hydroxylation is 1. The van der Waals surface area contributed by atoms with Gasteiger partial charge in [0.15, 0.2) is 0 Å². The minimum atomic E-state index is -0.347. The zero-order chi connectivity index (χ0) is 8.81. The fourth-order valence-electron chi connectivity index (χ4n) is 1.18. The molecule has 0 aliphatic carbocycles. The third kappa shape index (κ3) is 2.95. The van der Waals surface area contributed by atoms with Gasteiger partial charge in [-0.25, -0.2) is 4.79 Å². The molecule has 0 aromatic carbocycles. The van der Waals surface area contributed by atoms with Crippen molar-refractivity contribution in [2.75, 3.05) is 0 Å². The number of hydrogen-bond donors (Lipinski definition) is 1. The molecule has 0 aliphatic heterocycles. The molecular weight excluding hydrogens is 154 g/mol. The molecule has 12 heavy (non-hydrogen) atoms. The van der Waals surface area contributed by atoms with E-state index in [-0.39, 0.29) is 5.76 Å². The lowest BCUT2D eigenvalue weighted by atomic mass is 10.1. The number of rotatable bonds is 5. The standard InChI is InChI=1S/C9H15NO2/c1-2-3-4-5-6-8-7-12-9(11)10-8/h7H,2-6H2,1H3,(H,10,11). The number of aromatic nitrogens is 1. The van der Waals surface area contributed by atoms with Gasteiger partial charge in [0.25, 0.3) is 0 Å². The fraction of sp³-hybridized carbons (Fsp3) is 0.667. The summed E-state index contributed by atoms with van der Waals surface area (Å²) in [5.74, 6) is -0.347. The fourth-order valence-corrected chi connectivity index (χ4v) is 1.18. The first-order chi connectivity index (χ1) is 5.83. The van der Waals surface area contributed by atoms with E-state index in [9.17, 15) is 4.79 Å². The summed E-state index contributed by atoms with van der Waals surface area (Å²) in [5.41, 5.74) is 0.913. The highest BCUT2D eigenvalue weighted by molar-refractivity contribution is 4.90. The van der Waals surface area contributed by atoms with Gasteiger partial charge in [-0.05, 0) is 12.8 Å². The van der Waals surface area contributed by atoms with E-state index in [0.29, 0.717) is 0 Å². The second-order valence-electron chi connectivity index (χ2n) is 2.98. The van der Waals surface area contributed by atoms with Crippen molar-refractivity contribution >= 4 is 0 Å². The van der Waals surface area contributed by atoms with E-state index in [4.69, 9.17) is 0 Å². The zero-order valence-electron chi connectivity index (χ0n) is 7.43. The first-order valence-corrected chi connectivity index (χ1v) is 4.49. The van der Waals surface area contributed by atoms with Crippen LogP contribution in [0.25, 0.3) is 0 Å². The van der Waals surface area contributed by atoms with Crippen molar-refractivity contribution < 1.29 is 4.42 Å². The van der Waals surface area contributed by atoms with Crippen LogP contribution in [0.15, 0.2) is 15.5 Å². The average molecular weight is 169 g/mol. The SMILES string of the molecule is CCCCCCc1coc(=O)[nH]1. The lowest BCUT2D eigenvalue weighted by molar-refractivity contribution is 0.514. The van der Waals surface area contributed by atoms with Crippen molar-refractivity contribution in [2.24, 2.45) is 0 Å². The van der Waals surface area contributed by atoms with Crippen molar-refractivity contribution in [2.45, 2.75) is 39.0 Å². The van der Waals surface area contributed by atoms with Gasteiger partial charge in [0.2, 0.25) is 0 Å². The Balaban J connectivity index is 2.20. The second kappa shape index (κ2) is 4.80. The van der Waals surface area contributed by atoms with Crippen LogP contribution in [0.2, 0.25) is 0 Å². The monoisotopic (exact) mass is 169 g/mol. The third-order valence-electron chi connectivity index (χ3n) is 1.87. The molecule has 0 amide bonds. The number of unbranched alkanes of at least 4 members (excludes halogenated alkanes) is 3. The summed E-state index contributed by atoms with van der Waals surface area (Å²) in [4.78, 5) is 13.2. The highest BCUT2D eigenvalue weighted by Gasteiger charge is 1.96. The second-order valence-corrected chi connectivity index (χ2v) is 2.98. The van der Waals surface area contributed by atoms with Crippen molar-refractivity contribution in [3.8, 4) is 0 Å². The average Bonchev–Trinajstić information content (AvgIpc) is 2.45. The number of oxazole rings is 1. The Labute approximate surface area is 71.8 Å². The molecule has 0 unspecified atom stereocenters. The summed E-state index contributed by atoms with van der Waals surface area (Å²) in [5, 5.41) is 0. The smallest absolute Gasteiger partial charge is 0.416 e. The van der Waals surface area contributed by atoms with E-state index in [2.05, 4.69) is 16.3 Å². The summed E-state index contributed by atoms with van der Waals surface area (Å²) in [7, 11) is 0. The van der Waals surface area contributed by atoms with E-state index < -0.39 is 0 Å². The molecule has 0 fully saturated rings. The first kappa shape index (κ1) is 9.10. The van der Waals surface area contributed by atoms with Gasteiger partial charge in [0, 0.05) is 0 Å². The van der Waals surface area contributed by atoms with E-state index in [1.54, 1.807) is 0 Å². The van der Waals surface area contributed by atoms with Crippen LogP contribution in [-0.2, 0) is 6.42 Å². The third-order valence-corrected chi connectivity index (χ3v) is 1.87. The van der Waals surface area contributed by atoms with Crippen molar-refractivity contribution in [1.82, 2.24) is 4.98 Å². The summed E-state index contributed by atoms with van der Waals surface area (Å²) in [6, 6.07) is 0. The molecule has 3 nitrogen and oxygen atoms in total. The molecule has 1 N–H and O–H groups in total. The van der Waals surface area contributed by atoms with Crippen LogP contribution in [0.4, 0.5) is 0 Å². The van der Waals surface area contributed by atoms with Gasteiger partial charge in [-0.1, -0.05) is 26.2 Å². The van der Waals surface area contributed by atoms with E-state index in [0.717, 1.165) is 18.5 Å². The summed E-state index contributed by atoms with van der Waals surface area (Å²) in [6.07, 6.45) is 7.29. The molecule has 1 rings (SSSR count). The Morgan fingerprint density at radius 3 is 2.83 bits per heavy atom. The number of aromatic amines is 1. The zero-order valence-corrected chi connectivity index (χ0v) is 7.43. The lowest BCUT2D eigenvalue weighted by Gasteiger charge is -1.95. The highest BCUT2D eigenvalue weighted by atomic mass is 16.4.